The SMILES string of the molecule is CC(CN)NC(=O)C1CCCCN1C. The molecular weight excluding hydrogens is 178 g/mol. The van der Waals surface area contributed by atoms with Crippen LogP contribution in [0.1, 0.15) is 26.2 Å². The van der Waals surface area contributed by atoms with Gasteiger partial charge in [-0.15, -0.1) is 0 Å². The standard InChI is InChI=1S/C10H21N3O/c1-8(7-11)12-10(14)9-5-3-4-6-13(9)2/h8-9H,3-7,11H2,1-2H3,(H,12,14). The summed E-state index contributed by atoms with van der Waals surface area (Å²) in [6.07, 6.45) is 3.33. The Kier molecular flexibility index (Phi) is 4.35. The highest BCUT2D eigenvalue weighted by atomic mass is 16.2. The lowest BCUT2D eigenvalue weighted by Gasteiger charge is -2.32. The average molecular weight is 199 g/mol. The van der Waals surface area contributed by atoms with E-state index in [0.717, 1.165) is 19.4 Å². The van der Waals surface area contributed by atoms with Crippen LogP contribution in [0.4, 0.5) is 0 Å². The third kappa shape index (κ3) is 2.96. The molecule has 4 nitrogen and oxygen atoms in total. The largest absolute Gasteiger partial charge is 0.351 e. The maximum absolute atomic E-state index is 11.8. The van der Waals surface area contributed by atoms with Crippen molar-refractivity contribution >= 4 is 5.91 Å². The fourth-order valence-electron chi connectivity index (χ4n) is 1.80. The van der Waals surface area contributed by atoms with Gasteiger partial charge in [-0.3, -0.25) is 9.69 Å². The van der Waals surface area contributed by atoms with Crippen LogP contribution in [0.5, 0.6) is 0 Å². The van der Waals surface area contributed by atoms with Crippen molar-refractivity contribution in [1.82, 2.24) is 10.2 Å². The molecule has 82 valence electrons. The van der Waals surface area contributed by atoms with E-state index in [9.17, 15) is 4.79 Å². The lowest BCUT2D eigenvalue weighted by molar-refractivity contribution is -0.127. The van der Waals surface area contributed by atoms with Gasteiger partial charge >= 0.3 is 0 Å². The van der Waals surface area contributed by atoms with Crippen molar-refractivity contribution < 1.29 is 4.79 Å². The summed E-state index contributed by atoms with van der Waals surface area (Å²) in [6, 6.07) is 0.135. The minimum absolute atomic E-state index is 0.0535. The molecule has 0 saturated carbocycles. The number of carbonyl (C=O) groups excluding carboxylic acids is 1. The van der Waals surface area contributed by atoms with Gasteiger partial charge in [0.2, 0.25) is 5.91 Å². The number of likely N-dealkylation sites (tertiary alicyclic amines) is 1. The van der Waals surface area contributed by atoms with E-state index in [0.29, 0.717) is 6.54 Å². The first kappa shape index (κ1) is 11.5. The first-order chi connectivity index (χ1) is 6.65. The number of nitrogens with zero attached hydrogens (tertiary/aromatic N) is 1. The van der Waals surface area contributed by atoms with Crippen LogP contribution < -0.4 is 11.1 Å². The molecule has 4 heteroatoms. The summed E-state index contributed by atoms with van der Waals surface area (Å²) < 4.78 is 0. The number of nitrogens with two attached hydrogens (primary N) is 1. The highest BCUT2D eigenvalue weighted by Crippen LogP contribution is 2.14. The van der Waals surface area contributed by atoms with Crippen molar-refractivity contribution in [2.45, 2.75) is 38.3 Å². The topological polar surface area (TPSA) is 58.4 Å². The zero-order valence-corrected chi connectivity index (χ0v) is 9.12. The number of hydrogen-bond donors (Lipinski definition) is 2. The number of likely N-dealkylation sites (N-methyl/N-ethyl adjacent to an activating group) is 1. The lowest BCUT2D eigenvalue weighted by atomic mass is 10.0. The molecule has 1 amide bonds. The maximum Gasteiger partial charge on any atom is 0.237 e. The molecule has 0 aromatic carbocycles. The van der Waals surface area contributed by atoms with Crippen molar-refractivity contribution in [3.8, 4) is 0 Å². The molecule has 2 atom stereocenters. The first-order valence-electron chi connectivity index (χ1n) is 5.36. The van der Waals surface area contributed by atoms with Crippen molar-refractivity contribution in [2.75, 3.05) is 20.1 Å². The Labute approximate surface area is 85.8 Å². The molecule has 0 radical (unpaired) electrons. The Bertz CT molecular complexity index is 196. The smallest absolute Gasteiger partial charge is 0.237 e. The van der Waals surface area contributed by atoms with Crippen molar-refractivity contribution in [3.05, 3.63) is 0 Å². The van der Waals surface area contributed by atoms with Crippen molar-refractivity contribution in [2.24, 2.45) is 5.73 Å². The molecule has 0 aromatic heterocycles. The monoisotopic (exact) mass is 199 g/mol. The zero-order valence-electron chi connectivity index (χ0n) is 9.12. The Morgan fingerprint density at radius 1 is 1.64 bits per heavy atom. The molecule has 0 bridgehead atoms. The Morgan fingerprint density at radius 3 is 2.93 bits per heavy atom. The third-order valence-corrected chi connectivity index (χ3v) is 2.82. The minimum atomic E-state index is 0.0535. The number of hydrogen-bond acceptors (Lipinski definition) is 3. The molecule has 1 aliphatic heterocycles. The van der Waals surface area contributed by atoms with E-state index < -0.39 is 0 Å². The molecule has 0 aliphatic carbocycles. The fraction of sp³-hybridized carbons (Fsp3) is 0.900. The summed E-state index contributed by atoms with van der Waals surface area (Å²) in [7, 11) is 2.01. The highest BCUT2D eigenvalue weighted by Gasteiger charge is 2.26. The van der Waals surface area contributed by atoms with E-state index in [2.05, 4.69) is 10.2 Å². The molecule has 1 rings (SSSR count). The van der Waals surface area contributed by atoms with Gasteiger partial charge in [-0.2, -0.15) is 0 Å². The third-order valence-electron chi connectivity index (χ3n) is 2.82. The molecule has 14 heavy (non-hydrogen) atoms. The highest BCUT2D eigenvalue weighted by molar-refractivity contribution is 5.82. The van der Waals surface area contributed by atoms with Gasteiger partial charge in [-0.1, -0.05) is 6.42 Å². The second-order valence-electron chi connectivity index (χ2n) is 4.14. The average Bonchev–Trinajstić information content (AvgIpc) is 2.18. The van der Waals surface area contributed by atoms with Gasteiger partial charge in [0.15, 0.2) is 0 Å². The van der Waals surface area contributed by atoms with Gasteiger partial charge in [-0.05, 0) is 33.4 Å². The van der Waals surface area contributed by atoms with Gasteiger partial charge in [0.1, 0.15) is 0 Å². The van der Waals surface area contributed by atoms with Crippen LogP contribution in [0, 0.1) is 0 Å². The Balaban J connectivity index is 2.42. The minimum Gasteiger partial charge on any atom is -0.351 e. The van der Waals surface area contributed by atoms with Crippen LogP contribution in [0.3, 0.4) is 0 Å². The zero-order chi connectivity index (χ0) is 10.6. The maximum atomic E-state index is 11.8. The number of nitrogens with one attached hydrogen (secondary N) is 1. The van der Waals surface area contributed by atoms with Crippen molar-refractivity contribution in [1.29, 1.82) is 0 Å². The van der Waals surface area contributed by atoms with Crippen LogP contribution >= 0.6 is 0 Å². The molecule has 1 heterocycles. The van der Waals surface area contributed by atoms with E-state index in [4.69, 9.17) is 5.73 Å². The van der Waals surface area contributed by atoms with Gasteiger partial charge in [0.05, 0.1) is 6.04 Å². The van der Waals surface area contributed by atoms with Crippen LogP contribution in [-0.2, 0) is 4.79 Å². The van der Waals surface area contributed by atoms with Crippen LogP contribution in [0.25, 0.3) is 0 Å². The normalized spacial score (nSPS) is 25.8. The molecule has 2 unspecified atom stereocenters. The Hall–Kier alpha value is -0.610. The van der Waals surface area contributed by atoms with E-state index in [1.807, 2.05) is 14.0 Å². The van der Waals surface area contributed by atoms with Crippen LogP contribution in [-0.4, -0.2) is 43.0 Å². The van der Waals surface area contributed by atoms with Gasteiger partial charge in [0.25, 0.3) is 0 Å². The lowest BCUT2D eigenvalue weighted by Crippen LogP contribution is -2.51. The predicted molar refractivity (Wildman–Crippen MR) is 56.9 cm³/mol. The molecule has 0 aromatic rings. The number of carbonyl (C=O) groups is 1. The first-order valence-corrected chi connectivity index (χ1v) is 5.36. The summed E-state index contributed by atoms with van der Waals surface area (Å²) in [4.78, 5) is 13.9. The fourth-order valence-corrected chi connectivity index (χ4v) is 1.80. The van der Waals surface area contributed by atoms with Gasteiger partial charge in [-0.25, -0.2) is 0 Å². The van der Waals surface area contributed by atoms with Crippen LogP contribution in [0.15, 0.2) is 0 Å². The molecule has 1 aliphatic rings. The van der Waals surface area contributed by atoms with E-state index in [1.165, 1.54) is 6.42 Å². The summed E-state index contributed by atoms with van der Waals surface area (Å²) in [5.41, 5.74) is 5.46. The molecule has 1 saturated heterocycles. The predicted octanol–water partition coefficient (Wildman–Crippen LogP) is -0.0659. The summed E-state index contributed by atoms with van der Waals surface area (Å²) in [5.74, 6) is 0.130. The second-order valence-corrected chi connectivity index (χ2v) is 4.14. The molecule has 1 fully saturated rings. The summed E-state index contributed by atoms with van der Waals surface area (Å²) in [5, 5.41) is 2.92. The number of piperidine rings is 1. The quantitative estimate of drug-likeness (QED) is 0.669. The van der Waals surface area contributed by atoms with Gasteiger partial charge < -0.3 is 11.1 Å². The van der Waals surface area contributed by atoms with Crippen LogP contribution in [0.2, 0.25) is 0 Å². The summed E-state index contributed by atoms with van der Waals surface area (Å²) >= 11 is 0. The van der Waals surface area contributed by atoms with E-state index in [-0.39, 0.29) is 18.0 Å². The summed E-state index contributed by atoms with van der Waals surface area (Å²) in [6.45, 7) is 3.46. The number of amides is 1. The second kappa shape index (κ2) is 5.32. The van der Waals surface area contributed by atoms with E-state index in [1.54, 1.807) is 0 Å². The van der Waals surface area contributed by atoms with Crippen molar-refractivity contribution in [3.63, 3.8) is 0 Å². The molecule has 0 spiro atoms. The number of rotatable bonds is 3. The molecule has 3 N–H and O–H groups in total. The molecular formula is C10H21N3O. The van der Waals surface area contributed by atoms with Gasteiger partial charge in [0, 0.05) is 12.6 Å². The Morgan fingerprint density at radius 2 is 2.36 bits per heavy atom. The van der Waals surface area contributed by atoms with E-state index >= 15 is 0 Å².